The van der Waals surface area contributed by atoms with E-state index in [4.69, 9.17) is 4.74 Å². The van der Waals surface area contributed by atoms with E-state index < -0.39 is 0 Å². The Hall–Kier alpha value is -1.09. The first-order valence-corrected chi connectivity index (χ1v) is 5.71. The summed E-state index contributed by atoms with van der Waals surface area (Å²) in [7, 11) is 0. The van der Waals surface area contributed by atoms with E-state index in [0.29, 0.717) is 6.10 Å². The summed E-state index contributed by atoms with van der Waals surface area (Å²) < 4.78 is 5.85. The molecule has 2 heterocycles. The van der Waals surface area contributed by atoms with Crippen LogP contribution in [0.4, 0.5) is 0 Å². The second kappa shape index (κ2) is 5.12. The molecule has 0 unspecified atom stereocenters. The molecule has 0 saturated carbocycles. The van der Waals surface area contributed by atoms with E-state index >= 15 is 0 Å². The lowest BCUT2D eigenvalue weighted by atomic mass is 10.1. The quantitative estimate of drug-likeness (QED) is 0.818. The van der Waals surface area contributed by atoms with Gasteiger partial charge in [-0.1, -0.05) is 6.92 Å². The Kier molecular flexibility index (Phi) is 3.56. The minimum absolute atomic E-state index is 0.339. The van der Waals surface area contributed by atoms with Crippen molar-refractivity contribution in [3.63, 3.8) is 0 Å². The molecular formula is C12H18N2O. The third-order valence-corrected chi connectivity index (χ3v) is 2.78. The average Bonchev–Trinajstić information content (AvgIpc) is 2.31. The minimum atomic E-state index is 0.339. The van der Waals surface area contributed by atoms with Crippen LogP contribution in [0.15, 0.2) is 18.3 Å². The Morgan fingerprint density at radius 1 is 1.47 bits per heavy atom. The topological polar surface area (TPSA) is 34.1 Å². The van der Waals surface area contributed by atoms with Crippen molar-refractivity contribution in [2.24, 2.45) is 0 Å². The number of piperidine rings is 1. The van der Waals surface area contributed by atoms with E-state index in [1.807, 2.05) is 18.3 Å². The molecule has 82 valence electrons. The zero-order chi connectivity index (χ0) is 10.5. The number of aromatic nitrogens is 1. The zero-order valence-electron chi connectivity index (χ0n) is 9.20. The van der Waals surface area contributed by atoms with Gasteiger partial charge in [-0.15, -0.1) is 0 Å². The molecule has 0 atom stereocenters. The Bertz CT molecular complexity index is 308. The van der Waals surface area contributed by atoms with E-state index in [9.17, 15) is 0 Å². The predicted molar refractivity (Wildman–Crippen MR) is 60.1 cm³/mol. The average molecular weight is 206 g/mol. The molecule has 1 aliphatic heterocycles. The molecule has 2 rings (SSSR count). The van der Waals surface area contributed by atoms with Gasteiger partial charge in [0, 0.05) is 12.3 Å². The number of nitrogens with one attached hydrogen (secondary N) is 1. The van der Waals surface area contributed by atoms with Crippen molar-refractivity contribution in [2.75, 3.05) is 13.1 Å². The summed E-state index contributed by atoms with van der Waals surface area (Å²) in [5.41, 5.74) is 1.29. The molecule has 3 nitrogen and oxygen atoms in total. The fourth-order valence-corrected chi connectivity index (χ4v) is 1.82. The molecule has 1 aliphatic rings. The number of ether oxygens (including phenoxy) is 1. The van der Waals surface area contributed by atoms with E-state index in [1.165, 1.54) is 5.56 Å². The van der Waals surface area contributed by atoms with E-state index in [2.05, 4.69) is 17.2 Å². The molecule has 3 heteroatoms. The van der Waals surface area contributed by atoms with Crippen LogP contribution in [0.25, 0.3) is 0 Å². The zero-order valence-corrected chi connectivity index (χ0v) is 9.20. The van der Waals surface area contributed by atoms with Crippen LogP contribution in [0.1, 0.15) is 25.3 Å². The summed E-state index contributed by atoms with van der Waals surface area (Å²) >= 11 is 0. The Labute approximate surface area is 90.9 Å². The second-order valence-electron chi connectivity index (χ2n) is 3.92. The van der Waals surface area contributed by atoms with Gasteiger partial charge >= 0.3 is 0 Å². The third kappa shape index (κ3) is 2.93. The number of pyridine rings is 1. The normalized spacial score (nSPS) is 17.7. The molecule has 0 aliphatic carbocycles. The van der Waals surface area contributed by atoms with Crippen LogP contribution in [0, 0.1) is 0 Å². The van der Waals surface area contributed by atoms with Crippen molar-refractivity contribution in [1.82, 2.24) is 10.3 Å². The molecule has 15 heavy (non-hydrogen) atoms. The Morgan fingerprint density at radius 2 is 2.27 bits per heavy atom. The van der Waals surface area contributed by atoms with Gasteiger partial charge in [-0.3, -0.25) is 0 Å². The van der Waals surface area contributed by atoms with Gasteiger partial charge in [0.2, 0.25) is 5.88 Å². The van der Waals surface area contributed by atoms with Crippen molar-refractivity contribution in [3.05, 3.63) is 23.9 Å². The van der Waals surface area contributed by atoms with Crippen LogP contribution in [0.2, 0.25) is 0 Å². The molecule has 0 radical (unpaired) electrons. The maximum absolute atomic E-state index is 5.85. The fourth-order valence-electron chi connectivity index (χ4n) is 1.82. The van der Waals surface area contributed by atoms with Crippen molar-refractivity contribution < 1.29 is 4.74 Å². The second-order valence-corrected chi connectivity index (χ2v) is 3.92. The van der Waals surface area contributed by atoms with Gasteiger partial charge in [-0.2, -0.15) is 0 Å². The molecule has 1 aromatic heterocycles. The monoisotopic (exact) mass is 206 g/mol. The highest BCUT2D eigenvalue weighted by Gasteiger charge is 2.14. The van der Waals surface area contributed by atoms with E-state index in [-0.39, 0.29) is 0 Å². The van der Waals surface area contributed by atoms with Gasteiger partial charge in [0.25, 0.3) is 0 Å². The largest absolute Gasteiger partial charge is 0.474 e. The summed E-state index contributed by atoms with van der Waals surface area (Å²) in [4.78, 5) is 4.24. The van der Waals surface area contributed by atoms with Gasteiger partial charge in [0.05, 0.1) is 0 Å². The number of hydrogen-bond acceptors (Lipinski definition) is 3. The van der Waals surface area contributed by atoms with Crippen molar-refractivity contribution in [3.8, 4) is 5.88 Å². The lowest BCUT2D eigenvalue weighted by molar-refractivity contribution is 0.156. The first-order chi connectivity index (χ1) is 7.38. The van der Waals surface area contributed by atoms with E-state index in [1.54, 1.807) is 0 Å². The highest BCUT2D eigenvalue weighted by molar-refractivity contribution is 5.20. The fraction of sp³-hybridized carbons (Fsp3) is 0.583. The molecule has 1 saturated heterocycles. The highest BCUT2D eigenvalue weighted by atomic mass is 16.5. The first kappa shape index (κ1) is 10.4. The van der Waals surface area contributed by atoms with Crippen molar-refractivity contribution in [1.29, 1.82) is 0 Å². The van der Waals surface area contributed by atoms with Crippen molar-refractivity contribution in [2.45, 2.75) is 32.3 Å². The minimum Gasteiger partial charge on any atom is -0.474 e. The van der Waals surface area contributed by atoms with Gasteiger partial charge in [-0.05, 0) is 44.0 Å². The number of aryl methyl sites for hydroxylation is 1. The molecule has 1 aromatic rings. The van der Waals surface area contributed by atoms with Gasteiger partial charge in [-0.25, -0.2) is 4.98 Å². The number of hydrogen-bond donors (Lipinski definition) is 1. The number of rotatable bonds is 3. The molecule has 1 fully saturated rings. The maximum atomic E-state index is 5.85. The lowest BCUT2D eigenvalue weighted by Crippen LogP contribution is -2.34. The molecular weight excluding hydrogens is 188 g/mol. The molecule has 0 amide bonds. The SMILES string of the molecule is CCc1ccnc(OC2CCNCC2)c1. The van der Waals surface area contributed by atoms with Crippen LogP contribution in [0.3, 0.4) is 0 Å². The molecule has 1 N–H and O–H groups in total. The van der Waals surface area contributed by atoms with Crippen LogP contribution >= 0.6 is 0 Å². The Morgan fingerprint density at radius 3 is 3.00 bits per heavy atom. The van der Waals surface area contributed by atoms with Gasteiger partial charge in [0.1, 0.15) is 6.10 Å². The first-order valence-electron chi connectivity index (χ1n) is 5.71. The summed E-state index contributed by atoms with van der Waals surface area (Å²) in [6.45, 7) is 4.25. The molecule has 0 aromatic carbocycles. The third-order valence-electron chi connectivity index (χ3n) is 2.78. The summed E-state index contributed by atoms with van der Waals surface area (Å²) in [5, 5.41) is 3.32. The van der Waals surface area contributed by atoms with Crippen LogP contribution < -0.4 is 10.1 Å². The van der Waals surface area contributed by atoms with Crippen LogP contribution in [-0.4, -0.2) is 24.2 Å². The van der Waals surface area contributed by atoms with Gasteiger partial charge in [0.15, 0.2) is 0 Å². The lowest BCUT2D eigenvalue weighted by Gasteiger charge is -2.23. The van der Waals surface area contributed by atoms with Crippen LogP contribution in [-0.2, 0) is 6.42 Å². The molecule has 0 spiro atoms. The highest BCUT2D eigenvalue weighted by Crippen LogP contribution is 2.15. The van der Waals surface area contributed by atoms with E-state index in [0.717, 1.165) is 38.2 Å². The molecule has 0 bridgehead atoms. The Balaban J connectivity index is 1.96. The maximum Gasteiger partial charge on any atom is 0.213 e. The number of nitrogens with zero attached hydrogens (tertiary/aromatic N) is 1. The standard InChI is InChI=1S/C12H18N2O/c1-2-10-3-8-14-12(9-10)15-11-4-6-13-7-5-11/h3,8-9,11,13H,2,4-7H2,1H3. The van der Waals surface area contributed by atoms with Gasteiger partial charge < -0.3 is 10.1 Å². The smallest absolute Gasteiger partial charge is 0.213 e. The summed E-state index contributed by atoms with van der Waals surface area (Å²) in [5.74, 6) is 0.779. The summed E-state index contributed by atoms with van der Waals surface area (Å²) in [6, 6.07) is 4.08. The predicted octanol–water partition coefficient (Wildman–Crippen LogP) is 1.77. The summed E-state index contributed by atoms with van der Waals surface area (Å²) in [6.07, 6.45) is 5.36. The van der Waals surface area contributed by atoms with Crippen LogP contribution in [0.5, 0.6) is 5.88 Å². The van der Waals surface area contributed by atoms with Crippen molar-refractivity contribution >= 4 is 0 Å².